The highest BCUT2D eigenvalue weighted by Crippen LogP contribution is 2.20. The Labute approximate surface area is 102 Å². The third-order valence-corrected chi connectivity index (χ3v) is 3.08. The standard InChI is InChI=1S/C14H17NO2/c1-3-14(16)15-7-6-12-8-11(10-17-2)4-5-13(12)9-15/h3-5,8H,1,6-7,9-10H2,2H3. The van der Waals surface area contributed by atoms with Crippen LogP contribution in [0, 0.1) is 0 Å². The highest BCUT2D eigenvalue weighted by molar-refractivity contribution is 5.87. The van der Waals surface area contributed by atoms with E-state index in [0.29, 0.717) is 13.2 Å². The lowest BCUT2D eigenvalue weighted by molar-refractivity contribution is -0.126. The molecule has 0 saturated heterocycles. The SMILES string of the molecule is C=CC(=O)N1CCc2cc(COC)ccc2C1. The summed E-state index contributed by atoms with van der Waals surface area (Å²) in [5.74, 6) is 0.0108. The largest absolute Gasteiger partial charge is 0.380 e. The molecule has 0 radical (unpaired) electrons. The summed E-state index contributed by atoms with van der Waals surface area (Å²) in [6.45, 7) is 5.62. The zero-order valence-corrected chi connectivity index (χ0v) is 10.1. The van der Waals surface area contributed by atoms with Crippen LogP contribution in [0.2, 0.25) is 0 Å². The summed E-state index contributed by atoms with van der Waals surface area (Å²) >= 11 is 0. The van der Waals surface area contributed by atoms with E-state index in [0.717, 1.165) is 13.0 Å². The van der Waals surface area contributed by atoms with Crippen molar-refractivity contribution in [1.82, 2.24) is 4.90 Å². The Kier molecular flexibility index (Phi) is 3.59. The molecule has 0 aliphatic carbocycles. The first kappa shape index (κ1) is 11.9. The number of carbonyl (C=O) groups excluding carboxylic acids is 1. The predicted octanol–water partition coefficient (Wildman–Crippen LogP) is 1.90. The van der Waals surface area contributed by atoms with E-state index in [4.69, 9.17) is 4.74 Å². The number of amides is 1. The minimum atomic E-state index is 0.0108. The summed E-state index contributed by atoms with van der Waals surface area (Å²) in [6, 6.07) is 6.32. The lowest BCUT2D eigenvalue weighted by Crippen LogP contribution is -2.34. The fourth-order valence-electron chi connectivity index (χ4n) is 2.18. The normalized spacial score (nSPS) is 14.3. The van der Waals surface area contributed by atoms with Gasteiger partial charge in [-0.25, -0.2) is 0 Å². The maximum Gasteiger partial charge on any atom is 0.246 e. The maximum absolute atomic E-state index is 11.5. The van der Waals surface area contributed by atoms with E-state index >= 15 is 0 Å². The average molecular weight is 231 g/mol. The Hall–Kier alpha value is -1.61. The Morgan fingerprint density at radius 1 is 1.53 bits per heavy atom. The molecule has 0 fully saturated rings. The molecule has 17 heavy (non-hydrogen) atoms. The molecule has 1 heterocycles. The molecule has 1 aromatic carbocycles. The Balaban J connectivity index is 2.17. The van der Waals surface area contributed by atoms with Gasteiger partial charge in [0.25, 0.3) is 0 Å². The molecule has 0 N–H and O–H groups in total. The van der Waals surface area contributed by atoms with Crippen LogP contribution in [0.15, 0.2) is 30.9 Å². The molecule has 1 amide bonds. The van der Waals surface area contributed by atoms with Crippen LogP contribution in [-0.2, 0) is 29.1 Å². The summed E-state index contributed by atoms with van der Waals surface area (Å²) in [5.41, 5.74) is 3.74. The van der Waals surface area contributed by atoms with Crippen molar-refractivity contribution in [2.75, 3.05) is 13.7 Å². The second kappa shape index (κ2) is 5.15. The van der Waals surface area contributed by atoms with Gasteiger partial charge in [0, 0.05) is 20.2 Å². The molecule has 3 heteroatoms. The lowest BCUT2D eigenvalue weighted by atomic mass is 9.97. The first-order chi connectivity index (χ1) is 8.24. The highest BCUT2D eigenvalue weighted by Gasteiger charge is 2.18. The van der Waals surface area contributed by atoms with Crippen LogP contribution in [0.1, 0.15) is 16.7 Å². The van der Waals surface area contributed by atoms with Gasteiger partial charge in [-0.15, -0.1) is 0 Å². The fraction of sp³-hybridized carbons (Fsp3) is 0.357. The minimum Gasteiger partial charge on any atom is -0.380 e. The Morgan fingerprint density at radius 2 is 2.35 bits per heavy atom. The number of methoxy groups -OCH3 is 1. The number of nitrogens with zero attached hydrogens (tertiary/aromatic N) is 1. The first-order valence-corrected chi connectivity index (χ1v) is 5.75. The molecular weight excluding hydrogens is 214 g/mol. The van der Waals surface area contributed by atoms with Crippen LogP contribution in [0.4, 0.5) is 0 Å². The van der Waals surface area contributed by atoms with Crippen molar-refractivity contribution in [3.63, 3.8) is 0 Å². The monoisotopic (exact) mass is 231 g/mol. The highest BCUT2D eigenvalue weighted by atomic mass is 16.5. The van der Waals surface area contributed by atoms with Gasteiger partial charge in [-0.3, -0.25) is 4.79 Å². The molecule has 1 aliphatic rings. The average Bonchev–Trinajstić information content (AvgIpc) is 2.37. The summed E-state index contributed by atoms with van der Waals surface area (Å²) < 4.78 is 5.12. The molecule has 0 atom stereocenters. The van der Waals surface area contributed by atoms with Crippen molar-refractivity contribution in [2.24, 2.45) is 0 Å². The Bertz CT molecular complexity index is 440. The van der Waals surface area contributed by atoms with E-state index in [1.807, 2.05) is 4.90 Å². The van der Waals surface area contributed by atoms with E-state index in [-0.39, 0.29) is 5.91 Å². The van der Waals surface area contributed by atoms with Crippen molar-refractivity contribution < 1.29 is 9.53 Å². The molecule has 0 saturated carbocycles. The van der Waals surface area contributed by atoms with Gasteiger partial charge in [-0.2, -0.15) is 0 Å². The third kappa shape index (κ3) is 2.56. The van der Waals surface area contributed by atoms with Crippen LogP contribution >= 0.6 is 0 Å². The number of hydrogen-bond acceptors (Lipinski definition) is 2. The molecule has 0 aromatic heterocycles. The molecule has 0 unspecified atom stereocenters. The number of ether oxygens (including phenoxy) is 1. The van der Waals surface area contributed by atoms with Crippen molar-refractivity contribution >= 4 is 5.91 Å². The number of carbonyl (C=O) groups is 1. The van der Waals surface area contributed by atoms with E-state index in [2.05, 4.69) is 24.8 Å². The summed E-state index contributed by atoms with van der Waals surface area (Å²) in [6.07, 6.45) is 2.29. The van der Waals surface area contributed by atoms with E-state index < -0.39 is 0 Å². The molecular formula is C14H17NO2. The topological polar surface area (TPSA) is 29.5 Å². The van der Waals surface area contributed by atoms with Crippen LogP contribution in [0.5, 0.6) is 0 Å². The van der Waals surface area contributed by atoms with Gasteiger partial charge in [0.15, 0.2) is 0 Å². The zero-order valence-electron chi connectivity index (χ0n) is 10.1. The number of benzene rings is 1. The molecule has 1 aromatic rings. The van der Waals surface area contributed by atoms with Crippen molar-refractivity contribution in [3.05, 3.63) is 47.5 Å². The number of rotatable bonds is 3. The quantitative estimate of drug-likeness (QED) is 0.744. The molecule has 3 nitrogen and oxygen atoms in total. The van der Waals surface area contributed by atoms with Gasteiger partial charge in [-0.1, -0.05) is 24.8 Å². The van der Waals surface area contributed by atoms with Crippen LogP contribution in [-0.4, -0.2) is 24.5 Å². The zero-order chi connectivity index (χ0) is 12.3. The first-order valence-electron chi connectivity index (χ1n) is 5.75. The van der Waals surface area contributed by atoms with Crippen molar-refractivity contribution in [3.8, 4) is 0 Å². The van der Waals surface area contributed by atoms with Crippen molar-refractivity contribution in [2.45, 2.75) is 19.6 Å². The van der Waals surface area contributed by atoms with E-state index in [1.54, 1.807) is 7.11 Å². The fourth-order valence-corrected chi connectivity index (χ4v) is 2.18. The van der Waals surface area contributed by atoms with Gasteiger partial charge in [0.1, 0.15) is 0 Å². The van der Waals surface area contributed by atoms with E-state index in [9.17, 15) is 4.79 Å². The van der Waals surface area contributed by atoms with Crippen LogP contribution < -0.4 is 0 Å². The summed E-state index contributed by atoms with van der Waals surface area (Å²) in [5, 5.41) is 0. The number of hydrogen-bond donors (Lipinski definition) is 0. The lowest BCUT2D eigenvalue weighted by Gasteiger charge is -2.28. The summed E-state index contributed by atoms with van der Waals surface area (Å²) in [7, 11) is 1.70. The third-order valence-electron chi connectivity index (χ3n) is 3.08. The van der Waals surface area contributed by atoms with Crippen molar-refractivity contribution in [1.29, 1.82) is 0 Å². The summed E-state index contributed by atoms with van der Waals surface area (Å²) in [4.78, 5) is 13.4. The number of fused-ring (bicyclic) bond motifs is 1. The molecule has 0 spiro atoms. The Morgan fingerprint density at radius 3 is 3.06 bits per heavy atom. The van der Waals surface area contributed by atoms with Gasteiger partial charge in [0.2, 0.25) is 5.91 Å². The van der Waals surface area contributed by atoms with Crippen LogP contribution in [0.3, 0.4) is 0 Å². The predicted molar refractivity (Wildman–Crippen MR) is 66.5 cm³/mol. The van der Waals surface area contributed by atoms with Gasteiger partial charge in [-0.05, 0) is 29.2 Å². The smallest absolute Gasteiger partial charge is 0.246 e. The second-order valence-corrected chi connectivity index (χ2v) is 4.25. The minimum absolute atomic E-state index is 0.0108. The van der Waals surface area contributed by atoms with Gasteiger partial charge in [0.05, 0.1) is 6.61 Å². The maximum atomic E-state index is 11.5. The van der Waals surface area contributed by atoms with E-state index in [1.165, 1.54) is 22.8 Å². The van der Waals surface area contributed by atoms with Crippen LogP contribution in [0.25, 0.3) is 0 Å². The molecule has 2 rings (SSSR count). The molecule has 90 valence electrons. The molecule has 0 bridgehead atoms. The second-order valence-electron chi connectivity index (χ2n) is 4.25. The van der Waals surface area contributed by atoms with Gasteiger partial charge < -0.3 is 9.64 Å². The molecule has 1 aliphatic heterocycles. The van der Waals surface area contributed by atoms with Gasteiger partial charge >= 0.3 is 0 Å².